The molecule has 1 aliphatic heterocycles. The second-order valence-electron chi connectivity index (χ2n) is 8.68. The zero-order chi connectivity index (χ0) is 18.3. The molecule has 2 aromatic carbocycles. The monoisotopic (exact) mass is 460 g/mol. The quantitative estimate of drug-likeness (QED) is 0.437. The Kier molecular flexibility index (Phi) is 7.55. The first-order valence-corrected chi connectivity index (χ1v) is 14.8. The van der Waals surface area contributed by atoms with Crippen molar-refractivity contribution in [3.05, 3.63) is 81.3 Å². The molecule has 2 aliphatic carbocycles. The van der Waals surface area contributed by atoms with Crippen molar-refractivity contribution >= 4 is 0 Å². The molecule has 3 heteroatoms. The van der Waals surface area contributed by atoms with E-state index in [0.717, 1.165) is 4.22 Å². The van der Waals surface area contributed by atoms with Crippen LogP contribution in [0.2, 0.25) is 9.45 Å². The number of allylic oxidation sites excluding steroid dienone is 4. The van der Waals surface area contributed by atoms with E-state index < -0.39 is 16.6 Å². The molecule has 1 fully saturated rings. The van der Waals surface area contributed by atoms with Gasteiger partial charge in [0.05, 0.1) is 0 Å². The van der Waals surface area contributed by atoms with Gasteiger partial charge in [-0.1, -0.05) is 0 Å². The van der Waals surface area contributed by atoms with Crippen LogP contribution in [-0.4, -0.2) is 0 Å². The fourth-order valence-corrected chi connectivity index (χ4v) is 15.0. The van der Waals surface area contributed by atoms with Crippen molar-refractivity contribution < 1.29 is 41.4 Å². The Labute approximate surface area is 192 Å². The molecular formula is C26H30Cl2Ti. The van der Waals surface area contributed by atoms with Gasteiger partial charge in [0, 0.05) is 0 Å². The summed E-state index contributed by atoms with van der Waals surface area (Å²) in [4.78, 5) is 0. The largest absolute Gasteiger partial charge is 1.00 e. The van der Waals surface area contributed by atoms with Gasteiger partial charge in [0.1, 0.15) is 0 Å². The van der Waals surface area contributed by atoms with Crippen LogP contribution in [0.25, 0.3) is 11.1 Å². The first kappa shape index (κ1) is 22.9. The average Bonchev–Trinajstić information content (AvgIpc) is 3.22. The second-order valence-corrected chi connectivity index (χ2v) is 15.7. The van der Waals surface area contributed by atoms with Gasteiger partial charge in [-0.15, -0.1) is 0 Å². The first-order chi connectivity index (χ1) is 13.3. The third-order valence-corrected chi connectivity index (χ3v) is 15.0. The van der Waals surface area contributed by atoms with E-state index in [1.165, 1.54) is 49.7 Å². The van der Waals surface area contributed by atoms with Crippen molar-refractivity contribution in [1.29, 1.82) is 0 Å². The van der Waals surface area contributed by atoms with Crippen molar-refractivity contribution in [3.63, 3.8) is 0 Å². The molecule has 0 amide bonds. The van der Waals surface area contributed by atoms with E-state index in [2.05, 4.69) is 67.6 Å². The standard InChI is InChI=1S/C13H9.C11H17.C2H4.2ClH.Ti/c1-3-7-12-10(5-1)9-11-6-2-4-8-13(11)12;1-2-3-4-5-8-11-9-6-7-10-11;1-2;;;/h1-9H;6,9H,2-5,7-8H2,1H3;1-2H2;2*1H;/q;;;;;+2/p-2. The van der Waals surface area contributed by atoms with Crippen LogP contribution in [0.3, 0.4) is 0 Å². The Morgan fingerprint density at radius 1 is 0.828 bits per heavy atom. The summed E-state index contributed by atoms with van der Waals surface area (Å²) in [5.74, 6) is 0. The van der Waals surface area contributed by atoms with Crippen LogP contribution in [-0.2, 0) is 16.6 Å². The summed E-state index contributed by atoms with van der Waals surface area (Å²) in [7, 11) is 0. The summed E-state index contributed by atoms with van der Waals surface area (Å²) >= 11 is -2.03. The van der Waals surface area contributed by atoms with E-state index in [4.69, 9.17) is 0 Å². The molecule has 0 nitrogen and oxygen atoms in total. The predicted molar refractivity (Wildman–Crippen MR) is 113 cm³/mol. The average molecular weight is 461 g/mol. The molecule has 29 heavy (non-hydrogen) atoms. The molecule has 0 aromatic heterocycles. The van der Waals surface area contributed by atoms with Crippen LogP contribution >= 0.6 is 0 Å². The summed E-state index contributed by atoms with van der Waals surface area (Å²) in [6, 6.07) is 18.6. The maximum absolute atomic E-state index is 2.50. The molecule has 2 aromatic rings. The number of fused-ring (bicyclic) bond motifs is 3. The number of hydrogen-bond acceptors (Lipinski definition) is 0. The van der Waals surface area contributed by atoms with Crippen LogP contribution < -0.4 is 24.8 Å². The molecule has 1 heterocycles. The van der Waals surface area contributed by atoms with Crippen LogP contribution in [0.15, 0.2) is 70.1 Å². The minimum Gasteiger partial charge on any atom is -1.00 e. The van der Waals surface area contributed by atoms with Crippen molar-refractivity contribution in [2.45, 2.75) is 59.1 Å². The molecule has 152 valence electrons. The van der Waals surface area contributed by atoms with Gasteiger partial charge in [-0.25, -0.2) is 0 Å². The summed E-state index contributed by atoms with van der Waals surface area (Å²) in [5.41, 5.74) is 8.10. The Bertz CT molecular complexity index is 878. The summed E-state index contributed by atoms with van der Waals surface area (Å²) < 4.78 is 5.80. The van der Waals surface area contributed by atoms with Crippen molar-refractivity contribution in [2.24, 2.45) is 0 Å². The second kappa shape index (κ2) is 9.57. The van der Waals surface area contributed by atoms with Gasteiger partial charge in [-0.2, -0.15) is 0 Å². The molecule has 0 spiro atoms. The molecular weight excluding hydrogens is 431 g/mol. The zero-order valence-electron chi connectivity index (χ0n) is 17.3. The van der Waals surface area contributed by atoms with E-state index in [9.17, 15) is 0 Å². The smallest absolute Gasteiger partial charge is 1.00 e. The van der Waals surface area contributed by atoms with Crippen LogP contribution in [0.1, 0.15) is 60.8 Å². The minimum absolute atomic E-state index is 0. The summed E-state index contributed by atoms with van der Waals surface area (Å²) in [5, 5.41) is 0. The van der Waals surface area contributed by atoms with Crippen molar-refractivity contribution in [1.82, 2.24) is 0 Å². The Balaban J connectivity index is 0.00000120. The van der Waals surface area contributed by atoms with Gasteiger partial charge < -0.3 is 24.8 Å². The molecule has 3 aliphatic rings. The molecule has 0 unspecified atom stereocenters. The molecule has 0 radical (unpaired) electrons. The van der Waals surface area contributed by atoms with Gasteiger partial charge in [0.15, 0.2) is 0 Å². The van der Waals surface area contributed by atoms with Gasteiger partial charge in [-0.3, -0.25) is 0 Å². The minimum atomic E-state index is -2.03. The molecule has 1 saturated heterocycles. The third-order valence-electron chi connectivity index (χ3n) is 7.10. The topological polar surface area (TPSA) is 0 Å². The Hall–Kier alpha value is -0.786. The maximum atomic E-state index is 2.50. The number of rotatable bonds is 7. The maximum Gasteiger partial charge on any atom is -1.00 e. The Morgan fingerprint density at radius 2 is 1.45 bits per heavy atom. The molecule has 0 saturated carbocycles. The van der Waals surface area contributed by atoms with E-state index >= 15 is 0 Å². The molecule has 5 rings (SSSR count). The first-order valence-electron chi connectivity index (χ1n) is 10.9. The molecule has 0 atom stereocenters. The SMILES string of the molecule is CCCCCCC1=[C]([Ti+2]2([CH]3c4ccccc4-c4ccccc43)[CH2][CH2]2)CC=C1.[Cl-].[Cl-]. The summed E-state index contributed by atoms with van der Waals surface area (Å²) in [6.45, 7) is 2.31. The van der Waals surface area contributed by atoms with Gasteiger partial charge in [-0.05, 0) is 0 Å². The van der Waals surface area contributed by atoms with Gasteiger partial charge in [0.2, 0.25) is 0 Å². The van der Waals surface area contributed by atoms with Gasteiger partial charge in [0.25, 0.3) is 0 Å². The Morgan fingerprint density at radius 3 is 2.03 bits per heavy atom. The molecule has 0 bridgehead atoms. The number of unbranched alkanes of at least 4 members (excludes halogenated alkanes) is 3. The van der Waals surface area contributed by atoms with E-state index in [-0.39, 0.29) is 24.8 Å². The van der Waals surface area contributed by atoms with E-state index in [0.29, 0.717) is 0 Å². The van der Waals surface area contributed by atoms with Crippen LogP contribution in [0.4, 0.5) is 0 Å². The van der Waals surface area contributed by atoms with Crippen molar-refractivity contribution in [2.75, 3.05) is 0 Å². The molecule has 0 N–H and O–H groups in total. The van der Waals surface area contributed by atoms with Crippen LogP contribution in [0.5, 0.6) is 0 Å². The number of hydrogen-bond donors (Lipinski definition) is 0. The predicted octanol–water partition coefficient (Wildman–Crippen LogP) is 1.95. The summed E-state index contributed by atoms with van der Waals surface area (Å²) in [6.07, 6.45) is 13.1. The van der Waals surface area contributed by atoms with E-state index in [1.54, 1.807) is 26.2 Å². The van der Waals surface area contributed by atoms with Crippen LogP contribution in [0, 0.1) is 0 Å². The third kappa shape index (κ3) is 3.95. The normalized spacial score (nSPS) is 17.0. The number of halogens is 2. The van der Waals surface area contributed by atoms with E-state index in [1.807, 2.05) is 3.88 Å². The van der Waals surface area contributed by atoms with Gasteiger partial charge >= 0.3 is 168 Å². The fourth-order valence-electron chi connectivity index (χ4n) is 5.70. The fraction of sp³-hybridized carbons (Fsp3) is 0.385. The number of benzene rings is 2. The zero-order valence-corrected chi connectivity index (χ0v) is 20.3. The van der Waals surface area contributed by atoms with Crippen molar-refractivity contribution in [3.8, 4) is 11.1 Å².